The molecule has 2 nitrogen and oxygen atoms in total. The third-order valence-electron chi connectivity index (χ3n) is 0.848. The first-order valence-corrected chi connectivity index (χ1v) is 7.47. The maximum atomic E-state index is 11.1. The molecule has 0 aliphatic carbocycles. The van der Waals surface area contributed by atoms with Crippen LogP contribution in [0.2, 0.25) is 0 Å². The van der Waals surface area contributed by atoms with Crippen LogP contribution in [0.4, 0.5) is 0 Å². The third-order valence-corrected chi connectivity index (χ3v) is 6.21. The monoisotopic (exact) mass is 660 g/mol. The Hall–Kier alpha value is 1.01. The molecule has 0 aliphatic heterocycles. The Kier molecular flexibility index (Phi) is 7.12. The number of ketones is 2. The van der Waals surface area contributed by atoms with Crippen molar-refractivity contribution in [1.29, 1.82) is 0 Å². The van der Waals surface area contributed by atoms with E-state index in [1.165, 1.54) is 23.8 Å². The first kappa shape index (κ1) is 12.0. The van der Waals surface area contributed by atoms with Gasteiger partial charge in [0.1, 0.15) is 0 Å². The maximum absolute atomic E-state index is 11.1. The van der Waals surface area contributed by atoms with E-state index in [1.807, 2.05) is 4.40 Å². The second kappa shape index (κ2) is 6.52. The van der Waals surface area contributed by atoms with Gasteiger partial charge in [-0.3, -0.25) is 0 Å². The first-order chi connectivity index (χ1) is 5.11. The molecular formula is C6H4O2W3. The average Bonchev–Trinajstić information content (AvgIpc) is 2.02. The Bertz CT molecular complexity index is 232. The molecule has 0 bridgehead atoms. The molecule has 0 aromatic carbocycles. The van der Waals surface area contributed by atoms with Crippen molar-refractivity contribution in [3.8, 4) is 0 Å². The average molecular weight is 660 g/mol. The zero-order chi connectivity index (χ0) is 8.85. The van der Waals surface area contributed by atoms with Crippen molar-refractivity contribution in [2.75, 3.05) is 0 Å². The minimum atomic E-state index is -0.0550. The molecule has 0 aromatic heterocycles. The van der Waals surface area contributed by atoms with Crippen molar-refractivity contribution in [3.05, 3.63) is 0 Å². The number of carbonyl (C=O) groups excluding carboxylic acids is 2. The quantitative estimate of drug-likeness (QED) is 0.353. The minimum absolute atomic E-state index is 0.0162. The summed E-state index contributed by atoms with van der Waals surface area (Å²) in [6.07, 6.45) is 0.0616. The van der Waals surface area contributed by atoms with E-state index >= 15 is 0 Å². The summed E-state index contributed by atoms with van der Waals surface area (Å²) in [6.45, 7) is 0. The van der Waals surface area contributed by atoms with E-state index in [2.05, 4.69) is 0 Å². The standard InChI is InChI=1S/C6H4O2.3W/c1-3-6(8)4-5(2)7;;;/h1-2H,4H2;;;. The van der Waals surface area contributed by atoms with Crippen LogP contribution in [-0.2, 0) is 67.6 Å². The van der Waals surface area contributed by atoms with Crippen LogP contribution in [-0.4, -0.2) is 24.3 Å². The van der Waals surface area contributed by atoms with E-state index in [4.69, 9.17) is 0 Å². The number of hydrogen-bond donors (Lipinski definition) is 0. The van der Waals surface area contributed by atoms with Crippen molar-refractivity contribution < 1.29 is 67.6 Å². The van der Waals surface area contributed by atoms with Crippen molar-refractivity contribution in [2.45, 2.75) is 6.42 Å². The number of Topliss-reactive ketones (excluding diaryl/α,β-unsaturated/α-hetero) is 2. The molecule has 0 heterocycles. The van der Waals surface area contributed by atoms with E-state index in [1.54, 1.807) is 0 Å². The van der Waals surface area contributed by atoms with Crippen LogP contribution in [0.25, 0.3) is 0 Å². The molecule has 0 radical (unpaired) electrons. The molecule has 0 saturated heterocycles. The topological polar surface area (TPSA) is 34.1 Å². The predicted octanol–water partition coefficient (Wildman–Crippen LogP) is -1.07. The van der Waals surface area contributed by atoms with Gasteiger partial charge in [-0.1, -0.05) is 0 Å². The van der Waals surface area contributed by atoms with Gasteiger partial charge in [-0.2, -0.15) is 0 Å². The summed E-state index contributed by atoms with van der Waals surface area (Å²) in [6, 6.07) is 0. The van der Waals surface area contributed by atoms with Crippen LogP contribution in [0, 0.1) is 0 Å². The van der Waals surface area contributed by atoms with E-state index in [0.29, 0.717) is 0 Å². The summed E-state index contributed by atoms with van der Waals surface area (Å²) in [7, 11) is 0. The molecule has 5 heteroatoms. The zero-order valence-corrected chi connectivity index (χ0v) is 14.2. The van der Waals surface area contributed by atoms with Crippen molar-refractivity contribution in [3.63, 3.8) is 0 Å². The summed E-state index contributed by atoms with van der Waals surface area (Å²) in [4.78, 5) is 21.9. The Morgan fingerprint density at radius 1 is 1.18 bits per heavy atom. The van der Waals surface area contributed by atoms with Gasteiger partial charge in [0.05, 0.1) is 0 Å². The molecule has 0 rings (SSSR count). The molecular weight excluding hydrogens is 656 g/mol. The zero-order valence-electron chi connectivity index (χ0n) is 5.40. The van der Waals surface area contributed by atoms with Gasteiger partial charge in [-0.25, -0.2) is 0 Å². The molecule has 0 saturated carbocycles. The molecule has 0 atom stereocenters. The number of rotatable bonds is 5. The molecule has 11 heavy (non-hydrogen) atoms. The summed E-state index contributed by atoms with van der Waals surface area (Å²) >= 11 is 3.52. The molecule has 0 unspecified atom stereocenters. The summed E-state index contributed by atoms with van der Waals surface area (Å²) < 4.78 is 4.14. The summed E-state index contributed by atoms with van der Waals surface area (Å²) in [5.41, 5.74) is 0. The van der Waals surface area contributed by atoms with Gasteiger partial charge in [-0.15, -0.1) is 0 Å². The third kappa shape index (κ3) is 5.28. The SMILES string of the molecule is O=C([CH]=[W])CC(=O)[C](=[W])[CH]=[W]. The molecule has 0 aromatic rings. The second-order valence-electron chi connectivity index (χ2n) is 1.67. The van der Waals surface area contributed by atoms with Crippen LogP contribution >= 0.6 is 0 Å². The fourth-order valence-electron chi connectivity index (χ4n) is 0.353. The van der Waals surface area contributed by atoms with Gasteiger partial charge in [0.25, 0.3) is 0 Å². The fraction of sp³-hybridized carbons (Fsp3) is 0.167. The van der Waals surface area contributed by atoms with Crippen LogP contribution in [0.5, 0.6) is 0 Å². The molecule has 58 valence electrons. The molecule has 0 fully saturated rings. The van der Waals surface area contributed by atoms with Gasteiger partial charge >= 0.3 is 98.3 Å². The van der Waals surface area contributed by atoms with E-state index in [-0.39, 0.29) is 18.0 Å². The number of carbonyl (C=O) groups is 2. The van der Waals surface area contributed by atoms with E-state index in [9.17, 15) is 9.59 Å². The summed E-state index contributed by atoms with van der Waals surface area (Å²) in [5.74, 6) is -0.0712. The van der Waals surface area contributed by atoms with Crippen LogP contribution in [0.3, 0.4) is 0 Å². The van der Waals surface area contributed by atoms with Crippen molar-refractivity contribution >= 4 is 24.3 Å². The van der Waals surface area contributed by atoms with Gasteiger partial charge in [-0.05, 0) is 0 Å². The first-order valence-electron chi connectivity index (χ1n) is 2.62. The Labute approximate surface area is 97.3 Å². The van der Waals surface area contributed by atoms with Crippen molar-refractivity contribution in [1.82, 2.24) is 0 Å². The molecule has 0 amide bonds. The Morgan fingerprint density at radius 2 is 1.73 bits per heavy atom. The summed E-state index contributed by atoms with van der Waals surface area (Å²) in [5, 5.41) is 0. The number of hydrogen-bond acceptors (Lipinski definition) is 2. The van der Waals surface area contributed by atoms with Gasteiger partial charge < -0.3 is 0 Å². The predicted molar refractivity (Wildman–Crippen MR) is 31.8 cm³/mol. The van der Waals surface area contributed by atoms with Gasteiger partial charge in [0.15, 0.2) is 0 Å². The Balaban J connectivity index is 4.07. The fourth-order valence-corrected chi connectivity index (χ4v) is 1.38. The van der Waals surface area contributed by atoms with Crippen molar-refractivity contribution in [2.24, 2.45) is 0 Å². The van der Waals surface area contributed by atoms with E-state index in [0.717, 1.165) is 42.6 Å². The second-order valence-corrected chi connectivity index (χ2v) is 4.94. The van der Waals surface area contributed by atoms with Crippen LogP contribution in [0.1, 0.15) is 6.42 Å². The normalized spacial score (nSPS) is 8.36. The van der Waals surface area contributed by atoms with E-state index < -0.39 is 0 Å². The van der Waals surface area contributed by atoms with Crippen LogP contribution < -0.4 is 0 Å². The van der Waals surface area contributed by atoms with Gasteiger partial charge in [0.2, 0.25) is 0 Å². The molecule has 0 N–H and O–H groups in total. The molecule has 0 aliphatic rings. The van der Waals surface area contributed by atoms with Crippen LogP contribution in [0.15, 0.2) is 0 Å². The Morgan fingerprint density at radius 3 is 2.09 bits per heavy atom. The van der Waals surface area contributed by atoms with Gasteiger partial charge in [0, 0.05) is 0 Å². The molecule has 0 spiro atoms.